The standard InChI is InChI=1S/C24H20Br2N2O4/c1-15-3-5-17(6-4-15)24(30)32-22-12-9-20(26)13-18(22)14-27-28-23(29)16(2)31-21-10-7-19(25)8-11-21/h3-14,16H,1-2H3,(H,28,29)/b27-14-/t16-/m0/s1. The molecule has 0 aliphatic carbocycles. The third-order valence-electron chi connectivity index (χ3n) is 4.34. The van der Waals surface area contributed by atoms with Crippen LogP contribution in [0, 0.1) is 6.92 Å². The number of amides is 1. The second-order valence-corrected chi connectivity index (χ2v) is 8.72. The van der Waals surface area contributed by atoms with Gasteiger partial charge in [-0.1, -0.05) is 49.6 Å². The molecule has 0 aromatic heterocycles. The SMILES string of the molecule is Cc1ccc(C(=O)Oc2ccc(Br)cc2/C=N\NC(=O)[C@H](C)Oc2ccc(Br)cc2)cc1. The molecule has 0 unspecified atom stereocenters. The minimum absolute atomic E-state index is 0.316. The molecule has 3 aromatic carbocycles. The van der Waals surface area contributed by atoms with Crippen LogP contribution in [0.2, 0.25) is 0 Å². The van der Waals surface area contributed by atoms with E-state index in [0.717, 1.165) is 14.5 Å². The highest BCUT2D eigenvalue weighted by atomic mass is 79.9. The Labute approximate surface area is 202 Å². The number of hydrogen-bond acceptors (Lipinski definition) is 5. The topological polar surface area (TPSA) is 77.0 Å². The summed E-state index contributed by atoms with van der Waals surface area (Å²) in [7, 11) is 0. The van der Waals surface area contributed by atoms with Gasteiger partial charge in [0.05, 0.1) is 11.8 Å². The Morgan fingerprint density at radius 3 is 2.31 bits per heavy atom. The number of hydrogen-bond donors (Lipinski definition) is 1. The lowest BCUT2D eigenvalue weighted by Gasteiger charge is -2.13. The number of carbonyl (C=O) groups is 2. The van der Waals surface area contributed by atoms with Crippen molar-refractivity contribution in [2.24, 2.45) is 5.10 Å². The van der Waals surface area contributed by atoms with Crippen LogP contribution in [-0.2, 0) is 4.79 Å². The molecule has 3 rings (SSSR count). The van der Waals surface area contributed by atoms with E-state index in [1.165, 1.54) is 6.21 Å². The highest BCUT2D eigenvalue weighted by Crippen LogP contribution is 2.23. The van der Waals surface area contributed by atoms with Crippen molar-refractivity contribution in [2.75, 3.05) is 0 Å². The van der Waals surface area contributed by atoms with Crippen LogP contribution >= 0.6 is 31.9 Å². The lowest BCUT2D eigenvalue weighted by atomic mass is 10.1. The summed E-state index contributed by atoms with van der Waals surface area (Å²) >= 11 is 6.74. The van der Waals surface area contributed by atoms with Crippen molar-refractivity contribution in [3.63, 3.8) is 0 Å². The summed E-state index contributed by atoms with van der Waals surface area (Å²) in [5.41, 5.74) is 4.44. The van der Waals surface area contributed by atoms with E-state index >= 15 is 0 Å². The van der Waals surface area contributed by atoms with E-state index in [0.29, 0.717) is 22.6 Å². The minimum atomic E-state index is -0.755. The molecular formula is C24H20Br2N2O4. The van der Waals surface area contributed by atoms with Crippen LogP contribution in [0.15, 0.2) is 80.8 Å². The van der Waals surface area contributed by atoms with Gasteiger partial charge >= 0.3 is 5.97 Å². The molecule has 0 aliphatic heterocycles. The zero-order chi connectivity index (χ0) is 23.1. The van der Waals surface area contributed by atoms with Gasteiger partial charge in [-0.25, -0.2) is 10.2 Å². The Morgan fingerprint density at radius 2 is 1.62 bits per heavy atom. The van der Waals surface area contributed by atoms with Gasteiger partial charge in [0.2, 0.25) is 0 Å². The van der Waals surface area contributed by atoms with Gasteiger partial charge in [0.15, 0.2) is 6.10 Å². The van der Waals surface area contributed by atoms with Crippen molar-refractivity contribution in [3.05, 3.63) is 92.4 Å². The number of halogens is 2. The first-order valence-corrected chi connectivity index (χ1v) is 11.2. The summed E-state index contributed by atoms with van der Waals surface area (Å²) in [6, 6.07) is 19.4. The minimum Gasteiger partial charge on any atom is -0.481 e. The van der Waals surface area contributed by atoms with Crippen LogP contribution in [0.4, 0.5) is 0 Å². The number of ether oxygens (including phenoxy) is 2. The summed E-state index contributed by atoms with van der Waals surface area (Å²) in [6.07, 6.45) is 0.655. The average Bonchev–Trinajstić information content (AvgIpc) is 2.77. The normalized spacial score (nSPS) is 11.8. The van der Waals surface area contributed by atoms with Crippen LogP contribution in [0.5, 0.6) is 11.5 Å². The summed E-state index contributed by atoms with van der Waals surface area (Å²) in [5.74, 6) is -0.0204. The highest BCUT2D eigenvalue weighted by molar-refractivity contribution is 9.10. The van der Waals surface area contributed by atoms with Gasteiger partial charge in [-0.3, -0.25) is 4.79 Å². The second-order valence-electron chi connectivity index (χ2n) is 6.89. The van der Waals surface area contributed by atoms with Crippen LogP contribution in [0.1, 0.15) is 28.4 Å². The van der Waals surface area contributed by atoms with Crippen LogP contribution in [0.3, 0.4) is 0 Å². The zero-order valence-electron chi connectivity index (χ0n) is 17.3. The molecule has 0 aliphatic rings. The third kappa shape index (κ3) is 6.77. The first-order chi connectivity index (χ1) is 15.3. The Bertz CT molecular complexity index is 1130. The van der Waals surface area contributed by atoms with Crippen molar-refractivity contribution in [1.29, 1.82) is 0 Å². The maximum Gasteiger partial charge on any atom is 0.343 e. The molecule has 0 saturated heterocycles. The first-order valence-electron chi connectivity index (χ1n) is 9.65. The fourth-order valence-electron chi connectivity index (χ4n) is 2.59. The maximum absolute atomic E-state index is 12.5. The molecule has 0 heterocycles. The van der Waals surface area contributed by atoms with E-state index in [2.05, 4.69) is 42.4 Å². The monoisotopic (exact) mass is 558 g/mol. The molecule has 8 heteroatoms. The smallest absolute Gasteiger partial charge is 0.343 e. The number of nitrogens with one attached hydrogen (secondary N) is 1. The van der Waals surface area contributed by atoms with E-state index in [1.54, 1.807) is 49.4 Å². The Hall–Kier alpha value is -2.97. The van der Waals surface area contributed by atoms with E-state index < -0.39 is 18.0 Å². The van der Waals surface area contributed by atoms with Crippen LogP contribution in [-0.4, -0.2) is 24.2 Å². The van der Waals surface area contributed by atoms with Crippen molar-refractivity contribution in [1.82, 2.24) is 5.43 Å². The zero-order valence-corrected chi connectivity index (χ0v) is 20.5. The van der Waals surface area contributed by atoms with E-state index in [-0.39, 0.29) is 0 Å². The van der Waals surface area contributed by atoms with Gasteiger partial charge in [0, 0.05) is 14.5 Å². The Balaban J connectivity index is 1.65. The van der Waals surface area contributed by atoms with Crippen molar-refractivity contribution < 1.29 is 19.1 Å². The van der Waals surface area contributed by atoms with Gasteiger partial charge < -0.3 is 9.47 Å². The molecule has 0 radical (unpaired) electrons. The maximum atomic E-state index is 12.5. The summed E-state index contributed by atoms with van der Waals surface area (Å²) in [6.45, 7) is 3.57. The Kier molecular flexibility index (Phi) is 8.19. The van der Waals surface area contributed by atoms with E-state index in [9.17, 15) is 9.59 Å². The van der Waals surface area contributed by atoms with E-state index in [4.69, 9.17) is 9.47 Å². The van der Waals surface area contributed by atoms with Crippen LogP contribution < -0.4 is 14.9 Å². The predicted octanol–water partition coefficient (Wildman–Crippen LogP) is 5.66. The van der Waals surface area contributed by atoms with Crippen molar-refractivity contribution in [3.8, 4) is 11.5 Å². The van der Waals surface area contributed by atoms with Crippen molar-refractivity contribution >= 4 is 50.0 Å². The number of carbonyl (C=O) groups excluding carboxylic acids is 2. The lowest BCUT2D eigenvalue weighted by Crippen LogP contribution is -2.33. The van der Waals surface area contributed by atoms with Crippen molar-refractivity contribution in [2.45, 2.75) is 20.0 Å². The van der Waals surface area contributed by atoms with Gasteiger partial charge in [-0.05, 0) is 68.4 Å². The molecule has 0 fully saturated rings. The molecule has 1 atom stereocenters. The molecule has 164 valence electrons. The number of esters is 1. The van der Waals surface area contributed by atoms with Gasteiger partial charge in [-0.15, -0.1) is 0 Å². The van der Waals surface area contributed by atoms with Gasteiger partial charge in [-0.2, -0.15) is 5.10 Å². The fourth-order valence-corrected chi connectivity index (χ4v) is 3.23. The average molecular weight is 560 g/mol. The molecule has 0 spiro atoms. The predicted molar refractivity (Wildman–Crippen MR) is 130 cm³/mol. The molecule has 6 nitrogen and oxygen atoms in total. The molecular weight excluding hydrogens is 540 g/mol. The van der Waals surface area contributed by atoms with Gasteiger partial charge in [0.1, 0.15) is 11.5 Å². The quantitative estimate of drug-likeness (QED) is 0.175. The summed E-state index contributed by atoms with van der Waals surface area (Å²) in [4.78, 5) is 24.8. The number of benzene rings is 3. The number of nitrogens with zero attached hydrogens (tertiary/aromatic N) is 1. The molecule has 0 bridgehead atoms. The lowest BCUT2D eigenvalue weighted by molar-refractivity contribution is -0.127. The first kappa shape index (κ1) is 23.7. The largest absolute Gasteiger partial charge is 0.481 e. The van der Waals surface area contributed by atoms with Crippen LogP contribution in [0.25, 0.3) is 0 Å². The molecule has 32 heavy (non-hydrogen) atoms. The summed E-state index contributed by atoms with van der Waals surface area (Å²) in [5, 5.41) is 3.99. The van der Waals surface area contributed by atoms with Gasteiger partial charge in [0.25, 0.3) is 5.91 Å². The number of rotatable bonds is 7. The molecule has 1 amide bonds. The Morgan fingerprint density at radius 1 is 0.969 bits per heavy atom. The molecule has 3 aromatic rings. The second kappa shape index (κ2) is 11.1. The number of hydrazone groups is 1. The number of aryl methyl sites for hydroxylation is 1. The summed E-state index contributed by atoms with van der Waals surface area (Å²) < 4.78 is 12.8. The van der Waals surface area contributed by atoms with E-state index in [1.807, 2.05) is 31.2 Å². The highest BCUT2D eigenvalue weighted by Gasteiger charge is 2.15. The third-order valence-corrected chi connectivity index (χ3v) is 5.36. The fraction of sp³-hybridized carbons (Fsp3) is 0.125. The molecule has 0 saturated carbocycles. The molecule has 1 N–H and O–H groups in total.